The van der Waals surface area contributed by atoms with E-state index in [1.165, 1.54) is 0 Å². The summed E-state index contributed by atoms with van der Waals surface area (Å²) in [6.07, 6.45) is -3.24. The smallest absolute Gasteiger partial charge is 0.362 e. The van der Waals surface area contributed by atoms with E-state index in [1.54, 1.807) is 42.2 Å². The molecule has 170 valence electrons. The van der Waals surface area contributed by atoms with Crippen LogP contribution in [0.4, 0.5) is 19.0 Å². The second-order valence-electron chi connectivity index (χ2n) is 7.56. The van der Waals surface area contributed by atoms with Gasteiger partial charge in [0.1, 0.15) is 10.8 Å². The highest BCUT2D eigenvalue weighted by Gasteiger charge is 2.47. The molecule has 1 aliphatic rings. The van der Waals surface area contributed by atoms with Gasteiger partial charge in [-0.25, -0.2) is 4.68 Å². The molecule has 0 bridgehead atoms. The molecule has 2 atom stereocenters. The number of amides is 1. The largest absolute Gasteiger partial charge is 0.410 e. The summed E-state index contributed by atoms with van der Waals surface area (Å²) in [5.41, 5.74) is 2.05. The average Bonchev–Trinajstić information content (AvgIpc) is 3.25. The summed E-state index contributed by atoms with van der Waals surface area (Å²) in [6, 6.07) is 4.41. The van der Waals surface area contributed by atoms with Crippen LogP contribution in [0.1, 0.15) is 45.8 Å². The Morgan fingerprint density at radius 1 is 1.34 bits per heavy atom. The Bertz CT molecular complexity index is 1160. The van der Waals surface area contributed by atoms with Crippen molar-refractivity contribution >= 4 is 39.3 Å². The third kappa shape index (κ3) is 4.23. The second kappa shape index (κ2) is 8.43. The lowest BCUT2D eigenvalue weighted by Crippen LogP contribution is -2.35. The Hall–Kier alpha value is -2.53. The maximum absolute atomic E-state index is 13.9. The first-order valence-corrected chi connectivity index (χ1v) is 10.9. The number of rotatable bonds is 4. The number of nitrogens with zero attached hydrogens (tertiary/aromatic N) is 4. The first kappa shape index (κ1) is 22.7. The molecule has 2 aromatic heterocycles. The van der Waals surface area contributed by atoms with Crippen molar-refractivity contribution in [1.29, 1.82) is 0 Å². The van der Waals surface area contributed by atoms with Gasteiger partial charge < -0.3 is 10.6 Å². The van der Waals surface area contributed by atoms with Crippen molar-refractivity contribution in [3.8, 4) is 0 Å². The minimum absolute atomic E-state index is 0.0316. The van der Waals surface area contributed by atoms with Gasteiger partial charge in [-0.2, -0.15) is 23.4 Å². The second-order valence-corrected chi connectivity index (χ2v) is 8.85. The number of alkyl halides is 3. The standard InChI is InChI=1S/C20H19BrClF3N6O/c1-10-12(9-27-30(10)2)8-26-19(32)17-16(22)18-28-14(11-3-5-13(21)6-4-11)7-15(20(23,24)25)31(18)29-17/h3-6,9,14-15,28H,7-8H2,1-2H3,(H,26,32)/t14-,15+/m0/s1. The van der Waals surface area contributed by atoms with E-state index >= 15 is 0 Å². The van der Waals surface area contributed by atoms with Crippen LogP contribution in [0, 0.1) is 6.92 Å². The number of halogens is 5. The number of hydrogen-bond acceptors (Lipinski definition) is 4. The number of aryl methyl sites for hydroxylation is 1. The maximum Gasteiger partial charge on any atom is 0.410 e. The Morgan fingerprint density at radius 2 is 2.03 bits per heavy atom. The van der Waals surface area contributed by atoms with Crippen molar-refractivity contribution < 1.29 is 18.0 Å². The van der Waals surface area contributed by atoms with Crippen LogP contribution in [0.15, 0.2) is 34.9 Å². The van der Waals surface area contributed by atoms with Gasteiger partial charge in [0.15, 0.2) is 11.7 Å². The normalized spacial score (nSPS) is 18.2. The van der Waals surface area contributed by atoms with E-state index in [-0.39, 0.29) is 29.5 Å². The lowest BCUT2D eigenvalue weighted by Gasteiger charge is -2.33. The van der Waals surface area contributed by atoms with Gasteiger partial charge in [0.25, 0.3) is 5.91 Å². The Balaban J connectivity index is 1.63. The molecule has 0 saturated carbocycles. The van der Waals surface area contributed by atoms with Crippen molar-refractivity contribution in [1.82, 2.24) is 24.9 Å². The SMILES string of the molecule is Cc1c(CNC(=O)c2nn3c(c2Cl)N[C@H](c2ccc(Br)cc2)C[C@@H]3C(F)(F)F)cnn1C. The van der Waals surface area contributed by atoms with Gasteiger partial charge in [0, 0.05) is 35.7 Å². The number of fused-ring (bicyclic) bond motifs is 1. The van der Waals surface area contributed by atoms with Crippen molar-refractivity contribution in [3.63, 3.8) is 0 Å². The molecule has 0 fully saturated rings. The predicted octanol–water partition coefficient (Wildman–Crippen LogP) is 4.93. The number of carbonyl (C=O) groups excluding carboxylic acids is 1. The quantitative estimate of drug-likeness (QED) is 0.501. The Kier molecular flexibility index (Phi) is 5.97. The van der Waals surface area contributed by atoms with Gasteiger partial charge in [0.05, 0.1) is 12.2 Å². The summed E-state index contributed by atoms with van der Waals surface area (Å²) in [5.74, 6) is -0.695. The molecule has 1 aliphatic heterocycles. The van der Waals surface area contributed by atoms with E-state index in [9.17, 15) is 18.0 Å². The molecule has 0 spiro atoms. The molecule has 3 aromatic rings. The maximum atomic E-state index is 13.9. The summed E-state index contributed by atoms with van der Waals surface area (Å²) in [7, 11) is 1.77. The fourth-order valence-corrected chi connectivity index (χ4v) is 4.15. The van der Waals surface area contributed by atoms with Gasteiger partial charge in [-0.05, 0) is 24.6 Å². The van der Waals surface area contributed by atoms with Crippen molar-refractivity contribution in [2.24, 2.45) is 7.05 Å². The van der Waals surface area contributed by atoms with Crippen LogP contribution in [0.3, 0.4) is 0 Å². The van der Waals surface area contributed by atoms with Crippen molar-refractivity contribution in [2.45, 2.75) is 38.1 Å². The highest BCUT2D eigenvalue weighted by atomic mass is 79.9. The molecule has 1 amide bonds. The van der Waals surface area contributed by atoms with Crippen LogP contribution in [-0.4, -0.2) is 31.6 Å². The fraction of sp³-hybridized carbons (Fsp3) is 0.350. The van der Waals surface area contributed by atoms with Crippen LogP contribution in [0.25, 0.3) is 0 Å². The van der Waals surface area contributed by atoms with Gasteiger partial charge >= 0.3 is 6.18 Å². The molecule has 0 radical (unpaired) electrons. The van der Waals surface area contributed by atoms with Crippen molar-refractivity contribution in [3.05, 3.63) is 62.5 Å². The molecule has 0 unspecified atom stereocenters. The van der Waals surface area contributed by atoms with E-state index in [4.69, 9.17) is 11.6 Å². The predicted molar refractivity (Wildman–Crippen MR) is 117 cm³/mol. The summed E-state index contributed by atoms with van der Waals surface area (Å²) < 4.78 is 44.9. The average molecular weight is 532 g/mol. The lowest BCUT2D eigenvalue weighted by atomic mass is 9.97. The highest BCUT2D eigenvalue weighted by molar-refractivity contribution is 9.10. The van der Waals surface area contributed by atoms with Crippen LogP contribution in [0.5, 0.6) is 0 Å². The lowest BCUT2D eigenvalue weighted by molar-refractivity contribution is -0.173. The van der Waals surface area contributed by atoms with E-state index in [2.05, 4.69) is 36.8 Å². The van der Waals surface area contributed by atoms with Crippen molar-refractivity contribution in [2.75, 3.05) is 5.32 Å². The zero-order chi connectivity index (χ0) is 23.2. The molecule has 32 heavy (non-hydrogen) atoms. The molecule has 3 heterocycles. The number of aromatic nitrogens is 4. The minimum Gasteiger partial charge on any atom is -0.362 e. The Morgan fingerprint density at radius 3 is 2.62 bits per heavy atom. The van der Waals surface area contributed by atoms with Gasteiger partial charge in [-0.1, -0.05) is 39.7 Å². The Labute approximate surface area is 195 Å². The first-order chi connectivity index (χ1) is 15.1. The fourth-order valence-electron chi connectivity index (χ4n) is 3.63. The first-order valence-electron chi connectivity index (χ1n) is 9.68. The summed E-state index contributed by atoms with van der Waals surface area (Å²) in [5, 5.41) is 13.6. The third-order valence-electron chi connectivity index (χ3n) is 5.56. The monoisotopic (exact) mass is 530 g/mol. The number of benzene rings is 1. The third-order valence-corrected chi connectivity index (χ3v) is 6.45. The van der Waals surface area contributed by atoms with E-state index in [0.29, 0.717) is 5.56 Å². The van der Waals surface area contributed by atoms with Gasteiger partial charge in [-0.3, -0.25) is 9.48 Å². The van der Waals surface area contributed by atoms with E-state index in [1.807, 2.05) is 6.92 Å². The van der Waals surface area contributed by atoms with E-state index in [0.717, 1.165) is 20.4 Å². The van der Waals surface area contributed by atoms with Crippen LogP contribution >= 0.6 is 27.5 Å². The van der Waals surface area contributed by atoms with Crippen LogP contribution in [-0.2, 0) is 13.6 Å². The van der Waals surface area contributed by atoms with Crippen LogP contribution < -0.4 is 10.6 Å². The molecule has 7 nitrogen and oxygen atoms in total. The number of hydrogen-bond donors (Lipinski definition) is 2. The molecule has 4 rings (SSSR count). The van der Waals surface area contributed by atoms with E-state index < -0.39 is 24.2 Å². The molecule has 1 aromatic carbocycles. The topological polar surface area (TPSA) is 76.8 Å². The summed E-state index contributed by atoms with van der Waals surface area (Å²) in [6.45, 7) is 1.99. The molecule has 0 aliphatic carbocycles. The van der Waals surface area contributed by atoms with Gasteiger partial charge in [0.2, 0.25) is 0 Å². The number of carbonyl (C=O) groups is 1. The molecular formula is C20H19BrClF3N6O. The summed E-state index contributed by atoms with van der Waals surface area (Å²) >= 11 is 9.67. The minimum atomic E-state index is -4.57. The molecule has 12 heteroatoms. The highest BCUT2D eigenvalue weighted by Crippen LogP contribution is 2.46. The molecule has 2 N–H and O–H groups in total. The zero-order valence-corrected chi connectivity index (χ0v) is 19.4. The van der Waals surface area contributed by atoms with Gasteiger partial charge in [-0.15, -0.1) is 0 Å². The summed E-state index contributed by atoms with van der Waals surface area (Å²) in [4.78, 5) is 12.7. The zero-order valence-electron chi connectivity index (χ0n) is 17.0. The number of anilines is 1. The molecular weight excluding hydrogens is 513 g/mol. The molecule has 0 saturated heterocycles. The number of nitrogens with one attached hydrogen (secondary N) is 2. The van der Waals surface area contributed by atoms with Crippen LogP contribution in [0.2, 0.25) is 5.02 Å².